The number of nitrogens with zero attached hydrogens (tertiary/aromatic N) is 1. The highest BCUT2D eigenvalue weighted by molar-refractivity contribution is 5.94. The number of hydrogen-bond acceptors (Lipinski definition) is 4. The number of amides is 1. The van der Waals surface area contributed by atoms with Crippen LogP contribution >= 0.6 is 0 Å². The van der Waals surface area contributed by atoms with Crippen LogP contribution in [0, 0.1) is 0 Å². The zero-order valence-corrected chi connectivity index (χ0v) is 13.1. The molecule has 0 fully saturated rings. The number of esters is 1. The molecule has 1 amide bonds. The zero-order chi connectivity index (χ0) is 15.8. The fraction of sp³-hybridized carbons (Fsp3) is 0.500. The summed E-state index contributed by atoms with van der Waals surface area (Å²) in [6.45, 7) is 6.67. The van der Waals surface area contributed by atoms with Crippen LogP contribution in [0.3, 0.4) is 0 Å². The molecule has 0 bridgehead atoms. The van der Waals surface area contributed by atoms with E-state index in [1.807, 2.05) is 20.8 Å². The van der Waals surface area contributed by atoms with Crippen molar-refractivity contribution < 1.29 is 19.1 Å². The first-order valence-electron chi connectivity index (χ1n) is 7.10. The standard InChI is InChI=1S/C16H23NO4/c1-5-17(11-10-15(18)20-4)16(19)13-6-8-14(9-7-13)21-12(2)3/h6-9,12H,5,10-11H2,1-4H3. The summed E-state index contributed by atoms with van der Waals surface area (Å²) < 4.78 is 10.1. The zero-order valence-electron chi connectivity index (χ0n) is 13.1. The van der Waals surface area contributed by atoms with Crippen molar-refractivity contribution in [2.75, 3.05) is 20.2 Å². The van der Waals surface area contributed by atoms with Gasteiger partial charge < -0.3 is 14.4 Å². The van der Waals surface area contributed by atoms with Gasteiger partial charge in [0, 0.05) is 18.7 Å². The van der Waals surface area contributed by atoms with Gasteiger partial charge in [0.25, 0.3) is 5.91 Å². The lowest BCUT2D eigenvalue weighted by molar-refractivity contribution is -0.140. The van der Waals surface area contributed by atoms with Crippen molar-refractivity contribution in [3.05, 3.63) is 29.8 Å². The van der Waals surface area contributed by atoms with E-state index in [0.717, 1.165) is 5.75 Å². The summed E-state index contributed by atoms with van der Waals surface area (Å²) in [5.74, 6) is 0.318. The quantitative estimate of drug-likeness (QED) is 0.725. The highest BCUT2D eigenvalue weighted by Gasteiger charge is 2.15. The van der Waals surface area contributed by atoms with E-state index >= 15 is 0 Å². The molecule has 1 aromatic rings. The molecular weight excluding hydrogens is 270 g/mol. The summed E-state index contributed by atoms with van der Waals surface area (Å²) in [7, 11) is 1.34. The van der Waals surface area contributed by atoms with Crippen LogP contribution in [0.2, 0.25) is 0 Å². The van der Waals surface area contributed by atoms with E-state index < -0.39 is 0 Å². The molecule has 5 nitrogen and oxygen atoms in total. The normalized spacial score (nSPS) is 10.3. The molecule has 21 heavy (non-hydrogen) atoms. The third kappa shape index (κ3) is 5.45. The van der Waals surface area contributed by atoms with Crippen molar-refractivity contribution in [2.24, 2.45) is 0 Å². The van der Waals surface area contributed by atoms with Gasteiger partial charge in [0.1, 0.15) is 5.75 Å². The lowest BCUT2D eigenvalue weighted by Crippen LogP contribution is -2.33. The summed E-state index contributed by atoms with van der Waals surface area (Å²) in [6, 6.07) is 7.03. The fourth-order valence-corrected chi connectivity index (χ4v) is 1.86. The maximum absolute atomic E-state index is 12.3. The molecule has 0 aromatic heterocycles. The fourth-order valence-electron chi connectivity index (χ4n) is 1.86. The van der Waals surface area contributed by atoms with Crippen LogP contribution in [0.15, 0.2) is 24.3 Å². The molecule has 0 unspecified atom stereocenters. The summed E-state index contributed by atoms with van der Waals surface area (Å²) in [6.07, 6.45) is 0.295. The molecule has 0 saturated carbocycles. The molecule has 116 valence electrons. The predicted octanol–water partition coefficient (Wildman–Crippen LogP) is 2.50. The van der Waals surface area contributed by atoms with Gasteiger partial charge in [0.2, 0.25) is 0 Å². The number of ether oxygens (including phenoxy) is 2. The van der Waals surface area contributed by atoms with Gasteiger partial charge in [-0.3, -0.25) is 9.59 Å². The Kier molecular flexibility index (Phi) is 6.72. The lowest BCUT2D eigenvalue weighted by atomic mass is 10.2. The highest BCUT2D eigenvalue weighted by atomic mass is 16.5. The van der Waals surface area contributed by atoms with Crippen molar-refractivity contribution in [1.82, 2.24) is 4.90 Å². The molecule has 0 aliphatic rings. The van der Waals surface area contributed by atoms with Crippen molar-refractivity contribution in [1.29, 1.82) is 0 Å². The molecule has 1 aromatic carbocycles. The van der Waals surface area contributed by atoms with Crippen LogP contribution in [-0.4, -0.2) is 43.1 Å². The molecule has 0 aliphatic heterocycles. The van der Waals surface area contributed by atoms with Crippen molar-refractivity contribution in [3.8, 4) is 5.75 Å². The molecule has 1 rings (SSSR count). The van der Waals surface area contributed by atoms with Crippen LogP contribution in [0.5, 0.6) is 5.75 Å². The average Bonchev–Trinajstić information content (AvgIpc) is 2.47. The summed E-state index contributed by atoms with van der Waals surface area (Å²) in [5.41, 5.74) is 0.581. The Morgan fingerprint density at radius 1 is 1.19 bits per heavy atom. The number of benzene rings is 1. The smallest absolute Gasteiger partial charge is 0.307 e. The number of carbonyl (C=O) groups excluding carboxylic acids is 2. The van der Waals surface area contributed by atoms with E-state index in [9.17, 15) is 9.59 Å². The predicted molar refractivity (Wildman–Crippen MR) is 80.4 cm³/mol. The molecule has 0 radical (unpaired) electrons. The van der Waals surface area contributed by atoms with Crippen molar-refractivity contribution in [2.45, 2.75) is 33.3 Å². The SMILES string of the molecule is CCN(CCC(=O)OC)C(=O)c1ccc(OC(C)C)cc1. The van der Waals surface area contributed by atoms with Gasteiger partial charge >= 0.3 is 5.97 Å². The number of hydrogen-bond donors (Lipinski definition) is 0. The third-order valence-electron chi connectivity index (χ3n) is 2.96. The van der Waals surface area contributed by atoms with E-state index in [4.69, 9.17) is 4.74 Å². The molecule has 0 N–H and O–H groups in total. The molecule has 0 aliphatic carbocycles. The summed E-state index contributed by atoms with van der Waals surface area (Å²) >= 11 is 0. The van der Waals surface area contributed by atoms with E-state index in [2.05, 4.69) is 4.74 Å². The number of carbonyl (C=O) groups is 2. The maximum Gasteiger partial charge on any atom is 0.307 e. The van der Waals surface area contributed by atoms with E-state index in [0.29, 0.717) is 18.7 Å². The number of methoxy groups -OCH3 is 1. The summed E-state index contributed by atoms with van der Waals surface area (Å²) in [4.78, 5) is 25.1. The lowest BCUT2D eigenvalue weighted by Gasteiger charge is -2.20. The van der Waals surface area contributed by atoms with E-state index in [1.165, 1.54) is 7.11 Å². The van der Waals surface area contributed by atoms with Gasteiger partial charge in [-0.25, -0.2) is 0 Å². The Morgan fingerprint density at radius 3 is 2.29 bits per heavy atom. The molecule has 0 saturated heterocycles. The minimum absolute atomic E-state index is 0.0961. The molecule has 0 heterocycles. The van der Waals surface area contributed by atoms with Crippen LogP contribution < -0.4 is 4.74 Å². The second-order valence-corrected chi connectivity index (χ2v) is 4.90. The summed E-state index contributed by atoms with van der Waals surface area (Å²) in [5, 5.41) is 0. The minimum atomic E-state index is -0.318. The van der Waals surface area contributed by atoms with Gasteiger partial charge in [-0.15, -0.1) is 0 Å². The van der Waals surface area contributed by atoms with Gasteiger partial charge in [0.05, 0.1) is 19.6 Å². The van der Waals surface area contributed by atoms with E-state index in [-0.39, 0.29) is 24.4 Å². The van der Waals surface area contributed by atoms with E-state index in [1.54, 1.807) is 29.2 Å². The Bertz CT molecular complexity index is 468. The topological polar surface area (TPSA) is 55.8 Å². The first-order valence-corrected chi connectivity index (χ1v) is 7.10. The van der Waals surface area contributed by atoms with Crippen molar-refractivity contribution in [3.63, 3.8) is 0 Å². The largest absolute Gasteiger partial charge is 0.491 e. The van der Waals surface area contributed by atoms with Crippen LogP contribution in [-0.2, 0) is 9.53 Å². The molecule has 0 atom stereocenters. The Balaban J connectivity index is 2.69. The van der Waals surface area contributed by atoms with Gasteiger partial charge in [-0.2, -0.15) is 0 Å². The second-order valence-electron chi connectivity index (χ2n) is 4.90. The first kappa shape index (κ1) is 17.0. The van der Waals surface area contributed by atoms with Gasteiger partial charge in [0.15, 0.2) is 0 Å². The Labute approximate surface area is 125 Å². The monoisotopic (exact) mass is 293 g/mol. The molecule has 5 heteroatoms. The molecular formula is C16H23NO4. The van der Waals surface area contributed by atoms with Crippen LogP contribution in [0.1, 0.15) is 37.6 Å². The maximum atomic E-state index is 12.3. The Hall–Kier alpha value is -2.04. The minimum Gasteiger partial charge on any atom is -0.491 e. The first-order chi connectivity index (χ1) is 9.97. The van der Waals surface area contributed by atoms with Crippen LogP contribution in [0.4, 0.5) is 0 Å². The van der Waals surface area contributed by atoms with Crippen LogP contribution in [0.25, 0.3) is 0 Å². The highest BCUT2D eigenvalue weighted by Crippen LogP contribution is 2.15. The van der Waals surface area contributed by atoms with Gasteiger partial charge in [-0.05, 0) is 45.0 Å². The van der Waals surface area contributed by atoms with Crippen molar-refractivity contribution >= 4 is 11.9 Å². The average molecular weight is 293 g/mol. The number of rotatable bonds is 7. The third-order valence-corrected chi connectivity index (χ3v) is 2.96. The van der Waals surface area contributed by atoms with Gasteiger partial charge in [-0.1, -0.05) is 0 Å². The molecule has 0 spiro atoms. The second kappa shape index (κ2) is 8.29. The Morgan fingerprint density at radius 2 is 1.81 bits per heavy atom.